The van der Waals surface area contributed by atoms with E-state index in [4.69, 9.17) is 0 Å². The molecule has 2 N–H and O–H groups in total. The zero-order chi connectivity index (χ0) is 11.3. The number of fused-ring (bicyclic) bond motifs is 2. The maximum atomic E-state index is 3.62. The third-order valence-corrected chi connectivity index (χ3v) is 3.56. The van der Waals surface area contributed by atoms with Crippen LogP contribution in [0.1, 0.15) is 25.1 Å². The second-order valence-electron chi connectivity index (χ2n) is 5.25. The molecule has 1 aromatic carbocycles. The lowest BCUT2D eigenvalue weighted by Gasteiger charge is -2.14. The van der Waals surface area contributed by atoms with E-state index in [2.05, 4.69) is 49.3 Å². The van der Waals surface area contributed by atoms with Crippen LogP contribution in [-0.4, -0.2) is 11.0 Å². The highest BCUT2D eigenvalue weighted by Gasteiger charge is 2.23. The standard InChI is InChI=1S/C14H18N2/c1-8(2)12-5-11-7-13-10(4-9(3)15-13)6-14(11)16-12/h4,6-8,12,15-16H,5H2,1-3H3. The predicted molar refractivity (Wildman–Crippen MR) is 69.0 cm³/mol. The predicted octanol–water partition coefficient (Wildman–Crippen LogP) is 3.47. The quantitative estimate of drug-likeness (QED) is 0.747. The molecule has 0 aliphatic carbocycles. The minimum absolute atomic E-state index is 0.600. The van der Waals surface area contributed by atoms with Crippen molar-refractivity contribution >= 4 is 16.6 Å². The molecule has 2 nitrogen and oxygen atoms in total. The van der Waals surface area contributed by atoms with E-state index in [1.54, 1.807) is 0 Å². The van der Waals surface area contributed by atoms with Crippen LogP contribution < -0.4 is 5.32 Å². The molecule has 2 aromatic rings. The molecule has 0 fully saturated rings. The van der Waals surface area contributed by atoms with E-state index >= 15 is 0 Å². The average Bonchev–Trinajstić information content (AvgIpc) is 2.74. The summed E-state index contributed by atoms with van der Waals surface area (Å²) in [6.45, 7) is 6.66. The van der Waals surface area contributed by atoms with Crippen molar-refractivity contribution in [1.29, 1.82) is 0 Å². The van der Waals surface area contributed by atoms with E-state index in [-0.39, 0.29) is 0 Å². The summed E-state index contributed by atoms with van der Waals surface area (Å²) in [4.78, 5) is 3.40. The van der Waals surface area contributed by atoms with Gasteiger partial charge in [-0.25, -0.2) is 0 Å². The van der Waals surface area contributed by atoms with Crippen LogP contribution in [0.4, 0.5) is 5.69 Å². The summed E-state index contributed by atoms with van der Waals surface area (Å²) in [6, 6.07) is 7.38. The Morgan fingerprint density at radius 1 is 1.25 bits per heavy atom. The van der Waals surface area contributed by atoms with Gasteiger partial charge in [-0.3, -0.25) is 0 Å². The number of anilines is 1. The molecule has 1 atom stereocenters. The lowest BCUT2D eigenvalue weighted by Crippen LogP contribution is -2.21. The van der Waals surface area contributed by atoms with Gasteiger partial charge in [0.1, 0.15) is 0 Å². The average molecular weight is 214 g/mol. The second-order valence-corrected chi connectivity index (χ2v) is 5.25. The number of aromatic nitrogens is 1. The fourth-order valence-electron chi connectivity index (χ4n) is 2.56. The highest BCUT2D eigenvalue weighted by atomic mass is 15.0. The number of hydrogen-bond donors (Lipinski definition) is 2. The number of aryl methyl sites for hydroxylation is 1. The van der Waals surface area contributed by atoms with E-state index < -0.39 is 0 Å². The summed E-state index contributed by atoms with van der Waals surface area (Å²) in [5, 5.41) is 4.93. The van der Waals surface area contributed by atoms with E-state index in [1.165, 1.54) is 27.8 Å². The lowest BCUT2D eigenvalue weighted by molar-refractivity contribution is 0.538. The van der Waals surface area contributed by atoms with Gasteiger partial charge in [-0.05, 0) is 43.0 Å². The molecule has 1 aliphatic heterocycles. The smallest absolute Gasteiger partial charge is 0.0460 e. The van der Waals surface area contributed by atoms with Crippen molar-refractivity contribution in [3.63, 3.8) is 0 Å². The molecule has 0 saturated carbocycles. The summed E-state index contributed by atoms with van der Waals surface area (Å²) >= 11 is 0. The summed E-state index contributed by atoms with van der Waals surface area (Å²) in [6.07, 6.45) is 1.15. The van der Waals surface area contributed by atoms with Crippen LogP contribution in [-0.2, 0) is 6.42 Å². The number of benzene rings is 1. The van der Waals surface area contributed by atoms with Gasteiger partial charge in [0.25, 0.3) is 0 Å². The molecule has 0 radical (unpaired) electrons. The molecule has 3 rings (SSSR count). The van der Waals surface area contributed by atoms with Crippen molar-refractivity contribution < 1.29 is 0 Å². The van der Waals surface area contributed by atoms with Crippen molar-refractivity contribution in [1.82, 2.24) is 4.98 Å². The Morgan fingerprint density at radius 3 is 2.81 bits per heavy atom. The molecule has 2 heteroatoms. The molecule has 84 valence electrons. The highest BCUT2D eigenvalue weighted by molar-refractivity contribution is 5.86. The highest BCUT2D eigenvalue weighted by Crippen LogP contribution is 2.32. The van der Waals surface area contributed by atoms with Gasteiger partial charge < -0.3 is 10.3 Å². The van der Waals surface area contributed by atoms with Gasteiger partial charge in [-0.15, -0.1) is 0 Å². The van der Waals surface area contributed by atoms with Crippen LogP contribution in [0.15, 0.2) is 18.2 Å². The van der Waals surface area contributed by atoms with Gasteiger partial charge in [0.05, 0.1) is 0 Å². The van der Waals surface area contributed by atoms with E-state index in [1.807, 2.05) is 0 Å². The van der Waals surface area contributed by atoms with Gasteiger partial charge in [0.15, 0.2) is 0 Å². The third kappa shape index (κ3) is 1.41. The molecular weight excluding hydrogens is 196 g/mol. The van der Waals surface area contributed by atoms with Crippen molar-refractivity contribution in [3.05, 3.63) is 29.5 Å². The van der Waals surface area contributed by atoms with Gasteiger partial charge in [-0.2, -0.15) is 0 Å². The molecule has 16 heavy (non-hydrogen) atoms. The minimum Gasteiger partial charge on any atom is -0.381 e. The van der Waals surface area contributed by atoms with Crippen LogP contribution in [0.25, 0.3) is 10.9 Å². The molecule has 0 amide bonds. The van der Waals surface area contributed by atoms with Gasteiger partial charge in [-0.1, -0.05) is 13.8 Å². The Morgan fingerprint density at radius 2 is 2.06 bits per heavy atom. The Hall–Kier alpha value is -1.44. The maximum Gasteiger partial charge on any atom is 0.0460 e. The van der Waals surface area contributed by atoms with Gasteiger partial charge in [0, 0.05) is 28.3 Å². The van der Waals surface area contributed by atoms with Crippen molar-refractivity contribution in [2.24, 2.45) is 5.92 Å². The van der Waals surface area contributed by atoms with Crippen LogP contribution in [0.5, 0.6) is 0 Å². The molecule has 1 aromatic heterocycles. The van der Waals surface area contributed by atoms with Gasteiger partial charge >= 0.3 is 0 Å². The molecule has 0 bridgehead atoms. The Labute approximate surface area is 96.1 Å². The Kier molecular flexibility index (Phi) is 2.00. The number of H-pyrrole nitrogens is 1. The first-order valence-corrected chi connectivity index (χ1v) is 6.02. The van der Waals surface area contributed by atoms with Crippen molar-refractivity contribution in [2.45, 2.75) is 33.2 Å². The minimum atomic E-state index is 0.600. The van der Waals surface area contributed by atoms with Crippen LogP contribution in [0.2, 0.25) is 0 Å². The first-order chi connectivity index (χ1) is 7.63. The molecular formula is C14H18N2. The molecule has 0 saturated heterocycles. The molecule has 2 heterocycles. The zero-order valence-electron chi connectivity index (χ0n) is 10.1. The molecule has 0 spiro atoms. The number of hydrogen-bond acceptors (Lipinski definition) is 1. The summed E-state index contributed by atoms with van der Waals surface area (Å²) in [7, 11) is 0. The summed E-state index contributed by atoms with van der Waals surface area (Å²) in [5.41, 5.74) is 5.28. The monoisotopic (exact) mass is 214 g/mol. The maximum absolute atomic E-state index is 3.62. The first-order valence-electron chi connectivity index (χ1n) is 6.02. The largest absolute Gasteiger partial charge is 0.381 e. The van der Waals surface area contributed by atoms with E-state index in [0.717, 1.165) is 6.42 Å². The summed E-state index contributed by atoms with van der Waals surface area (Å²) in [5.74, 6) is 0.687. The lowest BCUT2D eigenvalue weighted by atomic mass is 10.0. The molecule has 1 unspecified atom stereocenters. The third-order valence-electron chi connectivity index (χ3n) is 3.56. The van der Waals surface area contributed by atoms with Crippen molar-refractivity contribution in [3.8, 4) is 0 Å². The topological polar surface area (TPSA) is 27.8 Å². The fraction of sp³-hybridized carbons (Fsp3) is 0.429. The number of nitrogens with one attached hydrogen (secondary N) is 2. The first kappa shape index (κ1) is 9.76. The molecule has 1 aliphatic rings. The second kappa shape index (κ2) is 3.27. The number of aromatic amines is 1. The fourth-order valence-corrected chi connectivity index (χ4v) is 2.56. The van der Waals surface area contributed by atoms with E-state index in [9.17, 15) is 0 Å². The van der Waals surface area contributed by atoms with Crippen molar-refractivity contribution in [2.75, 3.05) is 5.32 Å². The normalized spacial score (nSPS) is 19.1. The van der Waals surface area contributed by atoms with Crippen LogP contribution in [0, 0.1) is 12.8 Å². The van der Waals surface area contributed by atoms with E-state index in [0.29, 0.717) is 12.0 Å². The number of rotatable bonds is 1. The Balaban J connectivity index is 2.06. The van der Waals surface area contributed by atoms with Crippen LogP contribution in [0.3, 0.4) is 0 Å². The summed E-state index contributed by atoms with van der Waals surface area (Å²) < 4.78 is 0. The van der Waals surface area contributed by atoms with Crippen LogP contribution >= 0.6 is 0 Å². The SMILES string of the molecule is Cc1cc2cc3c(cc2[nH]1)CC(C(C)C)N3. The van der Waals surface area contributed by atoms with Gasteiger partial charge in [0.2, 0.25) is 0 Å². The Bertz CT molecular complexity index is 494. The zero-order valence-corrected chi connectivity index (χ0v) is 10.1.